The van der Waals surface area contributed by atoms with Crippen molar-refractivity contribution in [3.05, 3.63) is 221 Å². The molecule has 0 unspecified atom stereocenters. The van der Waals surface area contributed by atoms with Gasteiger partial charge in [0.2, 0.25) is 0 Å². The van der Waals surface area contributed by atoms with Gasteiger partial charge in [0.15, 0.2) is 17.5 Å². The van der Waals surface area contributed by atoms with Gasteiger partial charge in [-0.1, -0.05) is 172 Å². The third-order valence-electron chi connectivity index (χ3n) is 12.8. The van der Waals surface area contributed by atoms with Crippen LogP contribution in [0.15, 0.2) is 192 Å². The molecule has 0 radical (unpaired) electrons. The van der Waals surface area contributed by atoms with Crippen molar-refractivity contribution in [2.24, 2.45) is 0 Å². The topological polar surface area (TPSA) is 51.8 Å². The normalized spacial score (nSPS) is 14.2. The molecule has 2 aliphatic carbocycles. The first kappa shape index (κ1) is 33.7. The van der Waals surface area contributed by atoms with E-state index in [0.717, 1.165) is 44.2 Å². The second kappa shape index (κ2) is 12.5. The maximum Gasteiger partial charge on any atom is 0.164 e. The van der Waals surface area contributed by atoms with Gasteiger partial charge in [0.1, 0.15) is 11.2 Å². The molecule has 0 spiro atoms. The molecule has 0 saturated heterocycles. The molecule has 4 nitrogen and oxygen atoms in total. The van der Waals surface area contributed by atoms with Gasteiger partial charge in [-0.15, -0.1) is 0 Å². The Hall–Kier alpha value is -7.43. The van der Waals surface area contributed by atoms with Crippen molar-refractivity contribution in [1.82, 2.24) is 15.0 Å². The first-order valence-electron chi connectivity index (χ1n) is 20.3. The highest BCUT2D eigenvalue weighted by Crippen LogP contribution is 2.56. The van der Waals surface area contributed by atoms with E-state index in [1.54, 1.807) is 0 Å². The SMILES string of the molecule is CC1(C)c2ccccc2-c2ccc(-c3nc(-c4cccc(C5(c6ccccc6)c6ccccc6-c6ccccc65)c4)nc(-c4ccc5c(c4)oc4ccccc45)n3)cc21. The number of hydrogen-bond donors (Lipinski definition) is 0. The third kappa shape index (κ3) is 4.87. The Bertz CT molecular complexity index is 3280. The average molecular weight is 756 g/mol. The van der Waals surface area contributed by atoms with Gasteiger partial charge in [-0.05, 0) is 86.0 Å². The Morgan fingerprint density at radius 3 is 1.58 bits per heavy atom. The molecule has 2 aliphatic rings. The zero-order valence-corrected chi connectivity index (χ0v) is 32.6. The largest absolute Gasteiger partial charge is 0.456 e. The monoisotopic (exact) mass is 755 g/mol. The summed E-state index contributed by atoms with van der Waals surface area (Å²) in [4.78, 5) is 15.8. The summed E-state index contributed by atoms with van der Waals surface area (Å²) in [5.74, 6) is 1.83. The molecule has 10 aromatic rings. The van der Waals surface area contributed by atoms with Crippen molar-refractivity contribution in [3.8, 4) is 56.4 Å². The summed E-state index contributed by atoms with van der Waals surface area (Å²) in [6, 6.07) is 67.3. The number of fused-ring (bicyclic) bond motifs is 9. The van der Waals surface area contributed by atoms with Gasteiger partial charge in [-0.2, -0.15) is 0 Å². The van der Waals surface area contributed by atoms with Crippen LogP contribution in [0.4, 0.5) is 0 Å². The smallest absolute Gasteiger partial charge is 0.164 e. The van der Waals surface area contributed by atoms with Crippen molar-refractivity contribution in [2.75, 3.05) is 0 Å². The number of rotatable bonds is 5. The lowest BCUT2D eigenvalue weighted by atomic mass is 9.67. The molecule has 278 valence electrons. The molecule has 59 heavy (non-hydrogen) atoms. The fraction of sp³-hybridized carbons (Fsp3) is 0.0727. The van der Waals surface area contributed by atoms with Crippen LogP contribution in [0.2, 0.25) is 0 Å². The molecule has 0 fully saturated rings. The fourth-order valence-corrected chi connectivity index (χ4v) is 10.1. The lowest BCUT2D eigenvalue weighted by molar-refractivity contribution is 0.660. The van der Waals surface area contributed by atoms with Crippen LogP contribution >= 0.6 is 0 Å². The van der Waals surface area contributed by atoms with E-state index in [1.165, 1.54) is 50.1 Å². The Balaban J connectivity index is 1.08. The lowest BCUT2D eigenvalue weighted by Gasteiger charge is -2.34. The van der Waals surface area contributed by atoms with Crippen molar-refractivity contribution in [2.45, 2.75) is 24.7 Å². The van der Waals surface area contributed by atoms with Crippen LogP contribution in [0.1, 0.15) is 47.2 Å². The molecule has 2 aromatic heterocycles. The predicted octanol–water partition coefficient (Wildman–Crippen LogP) is 13.4. The third-order valence-corrected chi connectivity index (χ3v) is 12.8. The second-order valence-electron chi connectivity index (χ2n) is 16.3. The highest BCUT2D eigenvalue weighted by molar-refractivity contribution is 6.05. The summed E-state index contributed by atoms with van der Waals surface area (Å²) in [6.45, 7) is 4.61. The summed E-state index contributed by atoms with van der Waals surface area (Å²) < 4.78 is 6.36. The van der Waals surface area contributed by atoms with Crippen molar-refractivity contribution in [1.29, 1.82) is 0 Å². The molecular weight excluding hydrogens is 719 g/mol. The van der Waals surface area contributed by atoms with Crippen LogP contribution < -0.4 is 0 Å². The first-order chi connectivity index (χ1) is 29.0. The Morgan fingerprint density at radius 2 is 0.864 bits per heavy atom. The summed E-state index contributed by atoms with van der Waals surface area (Å²) in [7, 11) is 0. The molecule has 2 heterocycles. The van der Waals surface area contributed by atoms with Crippen LogP contribution in [0.25, 0.3) is 78.4 Å². The summed E-state index contributed by atoms with van der Waals surface area (Å²) in [5.41, 5.74) is 16.3. The van der Waals surface area contributed by atoms with Gasteiger partial charge in [0.25, 0.3) is 0 Å². The lowest BCUT2D eigenvalue weighted by Crippen LogP contribution is -2.28. The number of nitrogens with zero attached hydrogens (tertiary/aromatic N) is 3. The van der Waals surface area contributed by atoms with E-state index in [-0.39, 0.29) is 5.41 Å². The zero-order chi connectivity index (χ0) is 39.3. The minimum absolute atomic E-state index is 0.166. The van der Waals surface area contributed by atoms with Crippen molar-refractivity contribution < 1.29 is 4.42 Å². The van der Waals surface area contributed by atoms with Gasteiger partial charge in [-0.25, -0.2) is 15.0 Å². The van der Waals surface area contributed by atoms with Crippen molar-refractivity contribution in [3.63, 3.8) is 0 Å². The maximum absolute atomic E-state index is 6.36. The second-order valence-corrected chi connectivity index (χ2v) is 16.3. The standard InChI is InChI=1S/C55H37N3O/c1-54(2)45-23-10-6-19-39(45)42-29-27-35(32-48(42)54)52-56-51(57-53(58-52)36-28-30-44-43-22-9-13-26-49(43)59-50(44)33-36)34-15-14-18-38(31-34)55(37-16-4-3-5-17-37)46-24-11-7-20-40(46)41-21-8-12-25-47(41)55/h3-33H,1-2H3. The molecule has 8 aromatic carbocycles. The molecule has 0 bridgehead atoms. The van der Waals surface area contributed by atoms with Gasteiger partial charge < -0.3 is 4.42 Å². The highest BCUT2D eigenvalue weighted by atomic mass is 16.3. The van der Waals surface area contributed by atoms with Crippen LogP contribution in [0.5, 0.6) is 0 Å². The van der Waals surface area contributed by atoms with Crippen LogP contribution in [-0.4, -0.2) is 15.0 Å². The maximum atomic E-state index is 6.36. The summed E-state index contributed by atoms with van der Waals surface area (Å²) in [5, 5.41) is 2.15. The van der Waals surface area contributed by atoms with E-state index in [0.29, 0.717) is 17.5 Å². The van der Waals surface area contributed by atoms with E-state index < -0.39 is 5.41 Å². The Kier molecular flexibility index (Phi) is 7.16. The average Bonchev–Trinajstić information content (AvgIpc) is 3.90. The molecular formula is C55H37N3O. The quantitative estimate of drug-likeness (QED) is 0.176. The molecule has 0 N–H and O–H groups in total. The van der Waals surface area contributed by atoms with Crippen LogP contribution in [0.3, 0.4) is 0 Å². The van der Waals surface area contributed by atoms with Gasteiger partial charge in [0, 0.05) is 32.9 Å². The number of para-hydroxylation sites is 1. The van der Waals surface area contributed by atoms with Crippen molar-refractivity contribution >= 4 is 21.9 Å². The molecule has 4 heteroatoms. The van der Waals surface area contributed by atoms with E-state index in [1.807, 2.05) is 18.2 Å². The van der Waals surface area contributed by atoms with Gasteiger partial charge in [0.05, 0.1) is 5.41 Å². The van der Waals surface area contributed by atoms with E-state index in [9.17, 15) is 0 Å². The van der Waals surface area contributed by atoms with E-state index >= 15 is 0 Å². The number of furan rings is 1. The van der Waals surface area contributed by atoms with Crippen LogP contribution in [-0.2, 0) is 10.8 Å². The van der Waals surface area contributed by atoms with E-state index in [4.69, 9.17) is 19.4 Å². The number of aromatic nitrogens is 3. The Labute approximate surface area is 342 Å². The molecule has 12 rings (SSSR count). The predicted molar refractivity (Wildman–Crippen MR) is 238 cm³/mol. The summed E-state index contributed by atoms with van der Waals surface area (Å²) >= 11 is 0. The first-order valence-corrected chi connectivity index (χ1v) is 20.3. The molecule has 0 aliphatic heterocycles. The van der Waals surface area contributed by atoms with Gasteiger partial charge in [-0.3, -0.25) is 0 Å². The minimum atomic E-state index is -0.546. The van der Waals surface area contributed by atoms with E-state index in [2.05, 4.69) is 184 Å². The highest BCUT2D eigenvalue weighted by Gasteiger charge is 2.46. The zero-order valence-electron chi connectivity index (χ0n) is 32.6. The molecule has 0 atom stereocenters. The minimum Gasteiger partial charge on any atom is -0.456 e. The van der Waals surface area contributed by atoms with Gasteiger partial charge >= 0.3 is 0 Å². The molecule has 0 saturated carbocycles. The summed E-state index contributed by atoms with van der Waals surface area (Å²) in [6.07, 6.45) is 0. The fourth-order valence-electron chi connectivity index (χ4n) is 10.1. The Morgan fingerprint density at radius 1 is 0.356 bits per heavy atom. The molecule has 0 amide bonds. The van der Waals surface area contributed by atoms with Crippen LogP contribution in [0, 0.1) is 0 Å². The number of hydrogen-bond acceptors (Lipinski definition) is 4. The number of benzene rings is 8.